The average Bonchev–Trinajstić information content (AvgIpc) is 2.64. The molecule has 0 heterocycles. The van der Waals surface area contributed by atoms with Gasteiger partial charge in [0.25, 0.3) is 11.8 Å². The number of nitrogens with one attached hydrogen (secondary N) is 2. The molecule has 2 aromatic carbocycles. The normalized spacial score (nSPS) is 10.4. The van der Waals surface area contributed by atoms with Crippen molar-refractivity contribution in [1.82, 2.24) is 10.9 Å². The number of amides is 2. The van der Waals surface area contributed by atoms with Crippen molar-refractivity contribution in [3.05, 3.63) is 65.2 Å². The number of carbonyl (C=O) groups is 2. The molecule has 130 valence electrons. The van der Waals surface area contributed by atoms with E-state index in [4.69, 9.17) is 9.47 Å². The molecule has 2 N–H and O–H groups in total. The smallest absolute Gasteiger partial charge is 0.269 e. The number of rotatable bonds is 5. The van der Waals surface area contributed by atoms with E-state index < -0.39 is 5.91 Å². The van der Waals surface area contributed by atoms with Gasteiger partial charge < -0.3 is 9.47 Å². The number of methoxy groups -OCH3 is 2. The van der Waals surface area contributed by atoms with E-state index in [1.807, 2.05) is 19.1 Å². The van der Waals surface area contributed by atoms with Crippen LogP contribution in [0.15, 0.2) is 48.5 Å². The molecule has 0 aliphatic rings. The van der Waals surface area contributed by atoms with Gasteiger partial charge in [-0.2, -0.15) is 0 Å². The quantitative estimate of drug-likeness (QED) is 0.648. The summed E-state index contributed by atoms with van der Waals surface area (Å²) >= 11 is 0. The summed E-state index contributed by atoms with van der Waals surface area (Å²) in [5.74, 6) is 0.343. The third-order valence-electron chi connectivity index (χ3n) is 3.45. The van der Waals surface area contributed by atoms with Gasteiger partial charge >= 0.3 is 0 Å². The second-order valence-electron chi connectivity index (χ2n) is 5.26. The van der Waals surface area contributed by atoms with Crippen LogP contribution < -0.4 is 20.3 Å². The lowest BCUT2D eigenvalue weighted by molar-refractivity contribution is -0.117. The van der Waals surface area contributed by atoms with E-state index >= 15 is 0 Å². The molecule has 25 heavy (non-hydrogen) atoms. The summed E-state index contributed by atoms with van der Waals surface area (Å²) in [6.07, 6.45) is 2.92. The maximum absolute atomic E-state index is 11.9. The predicted octanol–water partition coefficient (Wildman–Crippen LogP) is 2.49. The zero-order chi connectivity index (χ0) is 18.2. The maximum Gasteiger partial charge on any atom is 0.269 e. The fourth-order valence-electron chi connectivity index (χ4n) is 2.07. The Morgan fingerprint density at radius 1 is 0.920 bits per heavy atom. The van der Waals surface area contributed by atoms with Crippen molar-refractivity contribution >= 4 is 17.9 Å². The number of benzene rings is 2. The second kappa shape index (κ2) is 8.54. The Morgan fingerprint density at radius 3 is 2.24 bits per heavy atom. The van der Waals surface area contributed by atoms with Crippen molar-refractivity contribution in [3.8, 4) is 11.5 Å². The zero-order valence-corrected chi connectivity index (χ0v) is 14.3. The first kappa shape index (κ1) is 18.1. The van der Waals surface area contributed by atoms with Gasteiger partial charge in [0.1, 0.15) is 0 Å². The molecule has 6 heteroatoms. The average molecular weight is 340 g/mol. The van der Waals surface area contributed by atoms with Crippen molar-refractivity contribution in [2.24, 2.45) is 0 Å². The minimum Gasteiger partial charge on any atom is -0.493 e. The topological polar surface area (TPSA) is 76.7 Å². The van der Waals surface area contributed by atoms with E-state index in [1.54, 1.807) is 50.6 Å². The van der Waals surface area contributed by atoms with Crippen molar-refractivity contribution in [3.63, 3.8) is 0 Å². The van der Waals surface area contributed by atoms with Gasteiger partial charge in [0.15, 0.2) is 11.5 Å². The Hall–Kier alpha value is -3.28. The van der Waals surface area contributed by atoms with Gasteiger partial charge in [0, 0.05) is 11.6 Å². The van der Waals surface area contributed by atoms with Gasteiger partial charge in [0.05, 0.1) is 14.2 Å². The lowest BCUT2D eigenvalue weighted by atomic mass is 10.1. The van der Waals surface area contributed by atoms with Crippen LogP contribution in [0.4, 0.5) is 0 Å². The molecule has 0 atom stereocenters. The standard InChI is InChI=1S/C19H20N2O4/c1-13-4-8-15(9-5-13)19(23)21-20-18(22)11-7-14-6-10-16(24-2)17(12-14)25-3/h4-12H,1-3H3,(H,20,22)(H,21,23)/b11-7+. The molecule has 0 fully saturated rings. The summed E-state index contributed by atoms with van der Waals surface area (Å²) in [5.41, 5.74) is 6.98. The van der Waals surface area contributed by atoms with E-state index in [2.05, 4.69) is 10.9 Å². The third-order valence-corrected chi connectivity index (χ3v) is 3.45. The van der Waals surface area contributed by atoms with E-state index in [-0.39, 0.29) is 5.91 Å². The number of hydrogen-bond acceptors (Lipinski definition) is 4. The summed E-state index contributed by atoms with van der Waals surface area (Å²) in [7, 11) is 3.09. The summed E-state index contributed by atoms with van der Waals surface area (Å²) < 4.78 is 10.4. The van der Waals surface area contributed by atoms with Crippen molar-refractivity contribution < 1.29 is 19.1 Å². The van der Waals surface area contributed by atoms with E-state index in [9.17, 15) is 9.59 Å². The number of carbonyl (C=O) groups excluding carboxylic acids is 2. The zero-order valence-electron chi connectivity index (χ0n) is 14.3. The minimum atomic E-state index is -0.449. The molecule has 0 saturated carbocycles. The molecule has 2 amide bonds. The maximum atomic E-state index is 11.9. The van der Waals surface area contributed by atoms with Gasteiger partial charge in [-0.05, 0) is 42.8 Å². The molecule has 0 aliphatic heterocycles. The highest BCUT2D eigenvalue weighted by Crippen LogP contribution is 2.27. The molecular weight excluding hydrogens is 320 g/mol. The second-order valence-corrected chi connectivity index (χ2v) is 5.26. The first-order valence-corrected chi connectivity index (χ1v) is 7.60. The summed E-state index contributed by atoms with van der Waals surface area (Å²) in [6, 6.07) is 12.3. The number of hydrogen-bond donors (Lipinski definition) is 2. The van der Waals surface area contributed by atoms with Gasteiger partial charge in [-0.1, -0.05) is 23.8 Å². The molecule has 6 nitrogen and oxygen atoms in total. The molecule has 0 bridgehead atoms. The molecule has 2 rings (SSSR count). The van der Waals surface area contributed by atoms with Crippen LogP contribution in [0.25, 0.3) is 6.08 Å². The molecule has 0 spiro atoms. The predicted molar refractivity (Wildman–Crippen MR) is 95.4 cm³/mol. The van der Waals surface area contributed by atoms with Gasteiger partial charge in [-0.15, -0.1) is 0 Å². The van der Waals surface area contributed by atoms with E-state index in [0.29, 0.717) is 17.1 Å². The Labute approximate surface area is 146 Å². The van der Waals surface area contributed by atoms with Crippen molar-refractivity contribution in [1.29, 1.82) is 0 Å². The third kappa shape index (κ3) is 5.10. The lowest BCUT2D eigenvalue weighted by Gasteiger charge is -2.08. The summed E-state index contributed by atoms with van der Waals surface area (Å²) in [5, 5.41) is 0. The number of aryl methyl sites for hydroxylation is 1. The van der Waals surface area contributed by atoms with E-state index in [1.165, 1.54) is 6.08 Å². The number of ether oxygens (including phenoxy) is 2. The molecule has 0 saturated heterocycles. The number of hydrazine groups is 1. The molecule has 0 aliphatic carbocycles. The van der Waals surface area contributed by atoms with Crippen LogP contribution in [0.2, 0.25) is 0 Å². The fourth-order valence-corrected chi connectivity index (χ4v) is 2.07. The van der Waals surface area contributed by atoms with Crippen molar-refractivity contribution in [2.45, 2.75) is 6.92 Å². The van der Waals surface area contributed by atoms with E-state index in [0.717, 1.165) is 11.1 Å². The van der Waals surface area contributed by atoms with Gasteiger partial charge in [-0.3, -0.25) is 20.4 Å². The first-order chi connectivity index (χ1) is 12.0. The summed E-state index contributed by atoms with van der Waals surface area (Å²) in [6.45, 7) is 1.93. The van der Waals surface area contributed by atoms with Gasteiger partial charge in [0.2, 0.25) is 0 Å². The van der Waals surface area contributed by atoms with Crippen molar-refractivity contribution in [2.75, 3.05) is 14.2 Å². The van der Waals surface area contributed by atoms with Crippen LogP contribution in [0, 0.1) is 6.92 Å². The summed E-state index contributed by atoms with van der Waals surface area (Å²) in [4.78, 5) is 23.7. The van der Waals surface area contributed by atoms with Gasteiger partial charge in [-0.25, -0.2) is 0 Å². The van der Waals surface area contributed by atoms with Crippen LogP contribution in [0.3, 0.4) is 0 Å². The first-order valence-electron chi connectivity index (χ1n) is 7.60. The monoisotopic (exact) mass is 340 g/mol. The Bertz CT molecular complexity index is 783. The fraction of sp³-hybridized carbons (Fsp3) is 0.158. The highest BCUT2D eigenvalue weighted by Gasteiger charge is 2.06. The minimum absolute atomic E-state index is 0.382. The molecular formula is C19H20N2O4. The molecule has 2 aromatic rings. The van der Waals surface area contributed by atoms with Crippen LogP contribution >= 0.6 is 0 Å². The SMILES string of the molecule is COc1ccc(/C=C/C(=O)NNC(=O)c2ccc(C)cc2)cc1OC. The van der Waals surface area contributed by atoms with Crippen LogP contribution in [-0.2, 0) is 4.79 Å². The molecule has 0 radical (unpaired) electrons. The van der Waals surface area contributed by atoms with Crippen LogP contribution in [0.1, 0.15) is 21.5 Å². The highest BCUT2D eigenvalue weighted by molar-refractivity contribution is 5.97. The highest BCUT2D eigenvalue weighted by atomic mass is 16.5. The Morgan fingerprint density at radius 2 is 1.60 bits per heavy atom. The van der Waals surface area contributed by atoms with Crippen LogP contribution in [0.5, 0.6) is 11.5 Å². The largest absolute Gasteiger partial charge is 0.493 e. The molecule has 0 unspecified atom stereocenters. The Kier molecular flexibility index (Phi) is 6.17. The van der Waals surface area contributed by atoms with Crippen LogP contribution in [-0.4, -0.2) is 26.0 Å². The molecule has 0 aromatic heterocycles. The lowest BCUT2D eigenvalue weighted by Crippen LogP contribution is -2.40. The Balaban J connectivity index is 1.92.